The molecule has 96 valence electrons. The van der Waals surface area contributed by atoms with E-state index in [1.54, 1.807) is 10.9 Å². The summed E-state index contributed by atoms with van der Waals surface area (Å²) in [6.45, 7) is 2.40. The molecule has 2 rings (SSSR count). The van der Waals surface area contributed by atoms with Gasteiger partial charge in [-0.25, -0.2) is 4.39 Å². The van der Waals surface area contributed by atoms with Gasteiger partial charge in [-0.15, -0.1) is 0 Å². The topological polar surface area (TPSA) is 50.1 Å². The maximum atomic E-state index is 13.0. The van der Waals surface area contributed by atoms with Gasteiger partial charge in [-0.3, -0.25) is 4.68 Å². The molecule has 0 amide bonds. The third-order valence-electron chi connectivity index (χ3n) is 2.87. The number of nitrogens with zero attached hydrogens (tertiary/aromatic N) is 2. The number of hydrogen-bond acceptors (Lipinski definition) is 3. The number of aromatic hydroxyl groups is 1. The zero-order valence-electron chi connectivity index (χ0n) is 10.4. The molecule has 0 aliphatic rings. The number of phenols is 1. The van der Waals surface area contributed by atoms with Gasteiger partial charge < -0.3 is 10.4 Å². The highest BCUT2D eigenvalue weighted by Crippen LogP contribution is 2.19. The summed E-state index contributed by atoms with van der Waals surface area (Å²) in [4.78, 5) is 0. The Labute approximate surface area is 105 Å². The van der Waals surface area contributed by atoms with Crippen LogP contribution in [0.15, 0.2) is 30.6 Å². The second-order valence-electron chi connectivity index (χ2n) is 4.32. The molecule has 0 aliphatic carbocycles. The lowest BCUT2D eigenvalue weighted by atomic mass is 10.1. The number of nitrogens with one attached hydrogen (secondary N) is 1. The molecule has 5 heteroatoms. The molecule has 0 saturated heterocycles. The second kappa shape index (κ2) is 5.18. The largest absolute Gasteiger partial charge is 0.508 e. The Kier molecular flexibility index (Phi) is 3.62. The quantitative estimate of drug-likeness (QED) is 0.872. The number of aryl methyl sites for hydroxylation is 1. The van der Waals surface area contributed by atoms with E-state index >= 15 is 0 Å². The number of hydrogen-bond donors (Lipinski definition) is 2. The summed E-state index contributed by atoms with van der Waals surface area (Å²) < 4.78 is 14.8. The van der Waals surface area contributed by atoms with Crippen LogP contribution in [0.2, 0.25) is 0 Å². The second-order valence-corrected chi connectivity index (χ2v) is 4.32. The zero-order chi connectivity index (χ0) is 13.1. The Balaban J connectivity index is 2.01. The highest BCUT2D eigenvalue weighted by atomic mass is 19.1. The van der Waals surface area contributed by atoms with Crippen molar-refractivity contribution in [3.05, 3.63) is 47.5 Å². The summed E-state index contributed by atoms with van der Waals surface area (Å²) in [5.41, 5.74) is 1.60. The van der Waals surface area contributed by atoms with Crippen LogP contribution in [0.25, 0.3) is 0 Å². The molecule has 18 heavy (non-hydrogen) atoms. The lowest BCUT2D eigenvalue weighted by Crippen LogP contribution is -2.17. The molecule has 0 saturated carbocycles. The van der Waals surface area contributed by atoms with Crippen LogP contribution in [-0.4, -0.2) is 14.9 Å². The Morgan fingerprint density at radius 1 is 1.50 bits per heavy atom. The molecule has 1 aromatic heterocycles. The predicted octanol–water partition coefficient (Wildman–Crippen LogP) is 2.12. The summed E-state index contributed by atoms with van der Waals surface area (Å²) in [6, 6.07) is 4.02. The third-order valence-corrected chi connectivity index (χ3v) is 2.87. The summed E-state index contributed by atoms with van der Waals surface area (Å²) in [5.74, 6) is -0.249. The van der Waals surface area contributed by atoms with Crippen molar-refractivity contribution in [1.82, 2.24) is 15.1 Å². The highest BCUT2D eigenvalue weighted by molar-refractivity contribution is 5.32. The Morgan fingerprint density at radius 3 is 2.94 bits per heavy atom. The smallest absolute Gasteiger partial charge is 0.123 e. The molecule has 1 aromatic carbocycles. The molecule has 0 fully saturated rings. The first-order chi connectivity index (χ1) is 8.56. The van der Waals surface area contributed by atoms with Gasteiger partial charge in [-0.2, -0.15) is 5.10 Å². The lowest BCUT2D eigenvalue weighted by molar-refractivity contribution is 0.457. The van der Waals surface area contributed by atoms with E-state index in [1.165, 1.54) is 18.2 Å². The fraction of sp³-hybridized carbons (Fsp3) is 0.308. The minimum Gasteiger partial charge on any atom is -0.508 e. The van der Waals surface area contributed by atoms with E-state index in [1.807, 2.05) is 20.2 Å². The Morgan fingerprint density at radius 2 is 2.28 bits per heavy atom. The first-order valence-corrected chi connectivity index (χ1v) is 5.75. The number of aromatic nitrogens is 2. The molecule has 1 heterocycles. The van der Waals surface area contributed by atoms with E-state index in [-0.39, 0.29) is 17.6 Å². The molecule has 2 N–H and O–H groups in total. The molecular formula is C13H16FN3O. The fourth-order valence-corrected chi connectivity index (χ4v) is 1.74. The van der Waals surface area contributed by atoms with Gasteiger partial charge in [0, 0.05) is 37.0 Å². The lowest BCUT2D eigenvalue weighted by Gasteiger charge is -2.12. The van der Waals surface area contributed by atoms with Crippen LogP contribution in [0.3, 0.4) is 0 Å². The fourth-order valence-electron chi connectivity index (χ4n) is 1.74. The number of phenolic OH excluding ortho intramolecular Hbond substituents is 1. The predicted molar refractivity (Wildman–Crippen MR) is 66.5 cm³/mol. The first-order valence-electron chi connectivity index (χ1n) is 5.75. The van der Waals surface area contributed by atoms with Crippen LogP contribution in [0.4, 0.5) is 4.39 Å². The molecule has 1 atom stereocenters. The van der Waals surface area contributed by atoms with Crippen LogP contribution in [0.1, 0.15) is 24.1 Å². The molecule has 2 aromatic rings. The van der Waals surface area contributed by atoms with Crippen molar-refractivity contribution < 1.29 is 9.50 Å². The highest BCUT2D eigenvalue weighted by Gasteiger charge is 2.09. The molecular weight excluding hydrogens is 233 g/mol. The molecule has 0 radical (unpaired) electrons. The van der Waals surface area contributed by atoms with Crippen LogP contribution in [0.5, 0.6) is 5.75 Å². The Bertz CT molecular complexity index is 539. The van der Waals surface area contributed by atoms with Gasteiger partial charge in [0.15, 0.2) is 0 Å². The molecule has 4 nitrogen and oxygen atoms in total. The van der Waals surface area contributed by atoms with Crippen molar-refractivity contribution >= 4 is 0 Å². The van der Waals surface area contributed by atoms with E-state index in [9.17, 15) is 9.50 Å². The van der Waals surface area contributed by atoms with Crippen molar-refractivity contribution in [2.75, 3.05) is 0 Å². The van der Waals surface area contributed by atoms with Crippen LogP contribution in [0, 0.1) is 5.82 Å². The van der Waals surface area contributed by atoms with E-state index in [4.69, 9.17) is 0 Å². The van der Waals surface area contributed by atoms with E-state index in [0.29, 0.717) is 12.1 Å². The van der Waals surface area contributed by atoms with Crippen LogP contribution < -0.4 is 5.32 Å². The molecule has 0 bridgehead atoms. The minimum absolute atomic E-state index is 0.0846. The SMILES string of the molecule is CC(NCc1cc(F)ccc1O)c1cnn(C)c1. The van der Waals surface area contributed by atoms with Gasteiger partial charge in [0.25, 0.3) is 0 Å². The normalized spacial score (nSPS) is 12.6. The molecule has 0 aliphatic heterocycles. The summed E-state index contributed by atoms with van der Waals surface area (Å²) in [6.07, 6.45) is 3.70. The summed E-state index contributed by atoms with van der Waals surface area (Å²) >= 11 is 0. The summed E-state index contributed by atoms with van der Waals surface area (Å²) in [5, 5.41) is 16.9. The van der Waals surface area contributed by atoms with Crippen molar-refractivity contribution in [2.45, 2.75) is 19.5 Å². The van der Waals surface area contributed by atoms with Gasteiger partial charge >= 0.3 is 0 Å². The van der Waals surface area contributed by atoms with Crippen molar-refractivity contribution in [2.24, 2.45) is 7.05 Å². The first kappa shape index (κ1) is 12.6. The number of halogens is 1. The average Bonchev–Trinajstić information content (AvgIpc) is 2.77. The van der Waals surface area contributed by atoms with Gasteiger partial charge in [-0.1, -0.05) is 0 Å². The molecule has 1 unspecified atom stereocenters. The van der Waals surface area contributed by atoms with Gasteiger partial charge in [0.2, 0.25) is 0 Å². The monoisotopic (exact) mass is 249 g/mol. The van der Waals surface area contributed by atoms with E-state index < -0.39 is 0 Å². The average molecular weight is 249 g/mol. The number of benzene rings is 1. The Hall–Kier alpha value is -1.88. The van der Waals surface area contributed by atoms with Crippen LogP contribution in [-0.2, 0) is 13.6 Å². The van der Waals surface area contributed by atoms with Gasteiger partial charge in [0.1, 0.15) is 11.6 Å². The van der Waals surface area contributed by atoms with Crippen molar-refractivity contribution in [3.8, 4) is 5.75 Å². The summed E-state index contributed by atoms with van der Waals surface area (Å²) in [7, 11) is 1.86. The molecule has 0 spiro atoms. The maximum Gasteiger partial charge on any atom is 0.123 e. The zero-order valence-corrected chi connectivity index (χ0v) is 10.4. The maximum absolute atomic E-state index is 13.0. The van der Waals surface area contributed by atoms with E-state index in [2.05, 4.69) is 10.4 Å². The van der Waals surface area contributed by atoms with Gasteiger partial charge in [-0.05, 0) is 25.1 Å². The standard InChI is InChI=1S/C13H16FN3O/c1-9(11-7-16-17(2)8-11)15-6-10-5-12(14)3-4-13(10)18/h3-5,7-9,15,18H,6H2,1-2H3. The van der Waals surface area contributed by atoms with Crippen LogP contribution >= 0.6 is 0 Å². The van der Waals surface area contributed by atoms with E-state index in [0.717, 1.165) is 5.56 Å². The van der Waals surface area contributed by atoms with Crippen molar-refractivity contribution in [1.29, 1.82) is 0 Å². The number of rotatable bonds is 4. The minimum atomic E-state index is -0.348. The third kappa shape index (κ3) is 2.87. The van der Waals surface area contributed by atoms with Gasteiger partial charge in [0.05, 0.1) is 6.20 Å². The van der Waals surface area contributed by atoms with Crippen molar-refractivity contribution in [3.63, 3.8) is 0 Å².